The Morgan fingerprint density at radius 2 is 2.14 bits per heavy atom. The van der Waals surface area contributed by atoms with Crippen LogP contribution in [0, 0.1) is 11.6 Å². The van der Waals surface area contributed by atoms with Gasteiger partial charge in [0.2, 0.25) is 0 Å². The van der Waals surface area contributed by atoms with E-state index in [2.05, 4.69) is 5.32 Å². The third-order valence-electron chi connectivity index (χ3n) is 2.75. The molecule has 76 valence electrons. The van der Waals surface area contributed by atoms with E-state index < -0.39 is 11.6 Å². The van der Waals surface area contributed by atoms with Gasteiger partial charge in [0.05, 0.1) is 0 Å². The number of nitrogens with one attached hydrogen (secondary N) is 1. The van der Waals surface area contributed by atoms with Crippen molar-refractivity contribution in [3.05, 3.63) is 34.9 Å². The highest BCUT2D eigenvalue weighted by Crippen LogP contribution is 2.28. The number of benzene rings is 1. The molecule has 0 aromatic heterocycles. The Labute approximate surface area is 82.1 Å². The first-order valence-corrected chi connectivity index (χ1v) is 4.93. The summed E-state index contributed by atoms with van der Waals surface area (Å²) in [6.45, 7) is 2.82. The molecule has 1 fully saturated rings. The molecule has 1 atom stereocenters. The summed E-state index contributed by atoms with van der Waals surface area (Å²) in [6, 6.07) is 2.55. The third kappa shape index (κ3) is 1.52. The zero-order chi connectivity index (χ0) is 10.1. The van der Waals surface area contributed by atoms with Crippen LogP contribution in [0.25, 0.3) is 0 Å². The lowest BCUT2D eigenvalue weighted by Gasteiger charge is -2.30. The van der Waals surface area contributed by atoms with Gasteiger partial charge in [-0.25, -0.2) is 8.78 Å². The van der Waals surface area contributed by atoms with E-state index in [1.165, 1.54) is 6.07 Å². The minimum atomic E-state index is -0.483. The Bertz CT molecular complexity index is 345. The summed E-state index contributed by atoms with van der Waals surface area (Å²) < 4.78 is 26.4. The molecule has 1 saturated heterocycles. The van der Waals surface area contributed by atoms with E-state index in [9.17, 15) is 8.78 Å². The maximum Gasteiger partial charge on any atom is 0.129 e. The van der Waals surface area contributed by atoms with Gasteiger partial charge < -0.3 is 5.32 Å². The zero-order valence-electron chi connectivity index (χ0n) is 8.11. The van der Waals surface area contributed by atoms with Crippen LogP contribution in [0.4, 0.5) is 8.78 Å². The summed E-state index contributed by atoms with van der Waals surface area (Å²) in [7, 11) is 0. The first-order chi connectivity index (χ1) is 6.72. The van der Waals surface area contributed by atoms with Crippen LogP contribution in [0.1, 0.15) is 30.5 Å². The van der Waals surface area contributed by atoms with Gasteiger partial charge in [-0.3, -0.25) is 0 Å². The van der Waals surface area contributed by atoms with Crippen molar-refractivity contribution in [2.24, 2.45) is 0 Å². The standard InChI is InChI=1S/C11H13F2N/c1-2-8-9(11-3-4-14-11)5-7(12)6-10(8)13/h5-6,11,14H,2-4H2,1H3. The zero-order valence-corrected chi connectivity index (χ0v) is 8.11. The molecule has 1 aromatic rings. The summed E-state index contributed by atoms with van der Waals surface area (Å²) in [5.41, 5.74) is 1.43. The normalized spacial score (nSPS) is 20.6. The van der Waals surface area contributed by atoms with E-state index in [1.807, 2.05) is 6.92 Å². The molecule has 1 unspecified atom stereocenters. The van der Waals surface area contributed by atoms with E-state index in [4.69, 9.17) is 0 Å². The fourth-order valence-corrected chi connectivity index (χ4v) is 1.86. The Morgan fingerprint density at radius 1 is 1.43 bits per heavy atom. The topological polar surface area (TPSA) is 12.0 Å². The summed E-state index contributed by atoms with van der Waals surface area (Å²) in [6.07, 6.45) is 1.58. The minimum Gasteiger partial charge on any atom is -0.310 e. The van der Waals surface area contributed by atoms with Crippen molar-refractivity contribution in [3.63, 3.8) is 0 Å². The third-order valence-corrected chi connectivity index (χ3v) is 2.75. The molecule has 1 aromatic carbocycles. The van der Waals surface area contributed by atoms with Crippen molar-refractivity contribution in [1.82, 2.24) is 5.32 Å². The highest BCUT2D eigenvalue weighted by Gasteiger charge is 2.23. The molecular formula is C11H13F2N. The van der Waals surface area contributed by atoms with Gasteiger partial charge in [0.15, 0.2) is 0 Å². The van der Waals surface area contributed by atoms with Gasteiger partial charge in [-0.2, -0.15) is 0 Å². The van der Waals surface area contributed by atoms with E-state index in [0.717, 1.165) is 24.6 Å². The monoisotopic (exact) mass is 197 g/mol. The van der Waals surface area contributed by atoms with E-state index in [0.29, 0.717) is 12.0 Å². The van der Waals surface area contributed by atoms with Gasteiger partial charge in [-0.05, 0) is 36.6 Å². The molecule has 14 heavy (non-hydrogen) atoms. The molecule has 1 aliphatic rings. The molecule has 1 N–H and O–H groups in total. The minimum absolute atomic E-state index is 0.148. The van der Waals surface area contributed by atoms with Crippen LogP contribution >= 0.6 is 0 Å². The highest BCUT2D eigenvalue weighted by atomic mass is 19.1. The molecular weight excluding hydrogens is 184 g/mol. The summed E-state index contributed by atoms with van der Waals surface area (Å²) >= 11 is 0. The number of hydrogen-bond donors (Lipinski definition) is 1. The van der Waals surface area contributed by atoms with Gasteiger partial charge in [0.1, 0.15) is 11.6 Å². The van der Waals surface area contributed by atoms with Crippen LogP contribution in [-0.4, -0.2) is 6.54 Å². The molecule has 0 spiro atoms. The van der Waals surface area contributed by atoms with Crippen molar-refractivity contribution >= 4 is 0 Å². The Morgan fingerprint density at radius 3 is 2.64 bits per heavy atom. The van der Waals surface area contributed by atoms with Crippen molar-refractivity contribution in [1.29, 1.82) is 0 Å². The maximum absolute atomic E-state index is 13.4. The van der Waals surface area contributed by atoms with Crippen LogP contribution in [0.15, 0.2) is 12.1 Å². The predicted octanol–water partition coefficient (Wildman–Crippen LogP) is 2.56. The van der Waals surface area contributed by atoms with Gasteiger partial charge >= 0.3 is 0 Å². The van der Waals surface area contributed by atoms with Crippen molar-refractivity contribution in [2.75, 3.05) is 6.54 Å². The lowest BCUT2D eigenvalue weighted by Crippen LogP contribution is -2.35. The van der Waals surface area contributed by atoms with Crippen LogP contribution < -0.4 is 5.32 Å². The van der Waals surface area contributed by atoms with Gasteiger partial charge in [0.25, 0.3) is 0 Å². The second kappa shape index (κ2) is 3.65. The maximum atomic E-state index is 13.4. The average Bonchev–Trinajstić information content (AvgIpc) is 1.99. The van der Waals surface area contributed by atoms with Crippen molar-refractivity contribution in [3.8, 4) is 0 Å². The van der Waals surface area contributed by atoms with Gasteiger partial charge in [-0.15, -0.1) is 0 Å². The van der Waals surface area contributed by atoms with Crippen LogP contribution in [0.5, 0.6) is 0 Å². The van der Waals surface area contributed by atoms with Gasteiger partial charge in [-0.1, -0.05) is 6.92 Å². The van der Waals surface area contributed by atoms with E-state index >= 15 is 0 Å². The van der Waals surface area contributed by atoms with Crippen LogP contribution in [-0.2, 0) is 6.42 Å². The second-order valence-electron chi connectivity index (χ2n) is 3.60. The lowest BCUT2D eigenvalue weighted by molar-refractivity contribution is 0.377. The van der Waals surface area contributed by atoms with E-state index in [1.54, 1.807) is 0 Å². The first kappa shape index (κ1) is 9.59. The fraction of sp³-hybridized carbons (Fsp3) is 0.455. The predicted molar refractivity (Wildman–Crippen MR) is 51.1 cm³/mol. The van der Waals surface area contributed by atoms with Gasteiger partial charge in [0, 0.05) is 12.1 Å². The Balaban J connectivity index is 2.44. The fourth-order valence-electron chi connectivity index (χ4n) is 1.86. The summed E-state index contributed by atoms with van der Waals surface area (Å²) in [5.74, 6) is -0.903. The SMILES string of the molecule is CCc1c(F)cc(F)cc1C1CCN1. The molecule has 0 aliphatic carbocycles. The quantitative estimate of drug-likeness (QED) is 0.768. The van der Waals surface area contributed by atoms with Crippen LogP contribution in [0.3, 0.4) is 0 Å². The Hall–Kier alpha value is -0.960. The highest BCUT2D eigenvalue weighted by molar-refractivity contribution is 5.33. The van der Waals surface area contributed by atoms with Crippen molar-refractivity contribution < 1.29 is 8.78 Å². The molecule has 0 bridgehead atoms. The van der Waals surface area contributed by atoms with Crippen molar-refractivity contribution in [2.45, 2.75) is 25.8 Å². The lowest BCUT2D eigenvalue weighted by atomic mass is 9.92. The number of hydrogen-bond acceptors (Lipinski definition) is 1. The molecule has 0 saturated carbocycles. The van der Waals surface area contributed by atoms with E-state index in [-0.39, 0.29) is 6.04 Å². The second-order valence-corrected chi connectivity index (χ2v) is 3.60. The Kier molecular flexibility index (Phi) is 2.50. The molecule has 0 radical (unpaired) electrons. The number of halogens is 2. The summed E-state index contributed by atoms with van der Waals surface area (Å²) in [5, 5.41) is 3.16. The number of rotatable bonds is 2. The summed E-state index contributed by atoms with van der Waals surface area (Å²) in [4.78, 5) is 0. The first-order valence-electron chi connectivity index (χ1n) is 4.93. The van der Waals surface area contributed by atoms with Crippen LogP contribution in [0.2, 0.25) is 0 Å². The molecule has 2 rings (SSSR count). The average molecular weight is 197 g/mol. The molecule has 0 amide bonds. The smallest absolute Gasteiger partial charge is 0.129 e. The molecule has 3 heteroatoms. The largest absolute Gasteiger partial charge is 0.310 e. The molecule has 1 nitrogen and oxygen atoms in total. The molecule has 1 aliphatic heterocycles. The molecule has 1 heterocycles.